The predicted molar refractivity (Wildman–Crippen MR) is 79.1 cm³/mol. The lowest BCUT2D eigenvalue weighted by atomic mass is 10.1. The van der Waals surface area contributed by atoms with Gasteiger partial charge in [-0.15, -0.1) is 0 Å². The molecule has 1 aromatic carbocycles. The van der Waals surface area contributed by atoms with Gasteiger partial charge in [-0.25, -0.2) is 4.98 Å². The van der Waals surface area contributed by atoms with Crippen molar-refractivity contribution in [3.8, 4) is 22.6 Å². The second-order valence-electron chi connectivity index (χ2n) is 5.21. The first-order valence-electron chi connectivity index (χ1n) is 7.05. The van der Waals surface area contributed by atoms with E-state index in [-0.39, 0.29) is 0 Å². The van der Waals surface area contributed by atoms with Crippen molar-refractivity contribution in [2.75, 3.05) is 0 Å². The Kier molecular flexibility index (Phi) is 2.74. The number of aromatic nitrogens is 2. The second kappa shape index (κ2) is 4.74. The monoisotopic (exact) mass is 278 g/mol. The Morgan fingerprint density at radius 2 is 1.90 bits per heavy atom. The molecule has 0 N–H and O–H groups in total. The van der Waals surface area contributed by atoms with E-state index < -0.39 is 0 Å². The number of benzene rings is 1. The van der Waals surface area contributed by atoms with Crippen molar-refractivity contribution >= 4 is 6.29 Å². The molecule has 1 aliphatic rings. The number of carbonyl (C=O) groups excluding carboxylic acids is 1. The van der Waals surface area contributed by atoms with Gasteiger partial charge in [-0.3, -0.25) is 4.79 Å². The topological polar surface area (TPSA) is 48.0 Å². The molecule has 2 aromatic heterocycles. The fourth-order valence-electron chi connectivity index (χ4n) is 2.87. The predicted octanol–water partition coefficient (Wildman–Crippen LogP) is 3.57. The lowest BCUT2D eigenvalue weighted by molar-refractivity contribution is 0.110. The molecular formula is C17H14N2O2. The first-order valence-corrected chi connectivity index (χ1v) is 7.05. The van der Waals surface area contributed by atoms with E-state index >= 15 is 0 Å². The van der Waals surface area contributed by atoms with Gasteiger partial charge in [0.2, 0.25) is 0 Å². The zero-order chi connectivity index (χ0) is 14.2. The first kappa shape index (κ1) is 12.1. The van der Waals surface area contributed by atoms with Crippen LogP contribution < -0.4 is 0 Å². The van der Waals surface area contributed by atoms with Crippen molar-refractivity contribution < 1.29 is 9.21 Å². The summed E-state index contributed by atoms with van der Waals surface area (Å²) in [6.45, 7) is 1.05. The maximum Gasteiger partial charge on any atom is 0.185 e. The fraction of sp³-hybridized carbons (Fsp3) is 0.176. The number of nitrogens with zero attached hydrogens (tertiary/aromatic N) is 2. The van der Waals surface area contributed by atoms with Crippen LogP contribution in [0.2, 0.25) is 0 Å². The summed E-state index contributed by atoms with van der Waals surface area (Å²) >= 11 is 0. The Labute approximate surface area is 122 Å². The van der Waals surface area contributed by atoms with Crippen molar-refractivity contribution in [2.24, 2.45) is 0 Å². The lowest BCUT2D eigenvalue weighted by Gasteiger charge is -2.05. The summed E-state index contributed by atoms with van der Waals surface area (Å²) in [7, 11) is 0. The van der Waals surface area contributed by atoms with Gasteiger partial charge in [-0.1, -0.05) is 24.3 Å². The van der Waals surface area contributed by atoms with E-state index in [2.05, 4.69) is 21.7 Å². The highest BCUT2D eigenvalue weighted by atomic mass is 16.3. The molecule has 4 nitrogen and oxygen atoms in total. The van der Waals surface area contributed by atoms with Gasteiger partial charge < -0.3 is 8.98 Å². The van der Waals surface area contributed by atoms with Crippen LogP contribution in [-0.2, 0) is 13.0 Å². The zero-order valence-corrected chi connectivity index (χ0v) is 11.5. The number of imidazole rings is 1. The molecule has 0 radical (unpaired) electrons. The average molecular weight is 278 g/mol. The fourth-order valence-corrected chi connectivity index (χ4v) is 2.87. The zero-order valence-electron chi connectivity index (χ0n) is 11.5. The van der Waals surface area contributed by atoms with Gasteiger partial charge in [0.15, 0.2) is 12.0 Å². The van der Waals surface area contributed by atoms with Crippen LogP contribution in [0.1, 0.15) is 22.8 Å². The molecule has 0 atom stereocenters. The van der Waals surface area contributed by atoms with E-state index in [9.17, 15) is 4.79 Å². The number of hydrogen-bond acceptors (Lipinski definition) is 3. The van der Waals surface area contributed by atoms with Gasteiger partial charge in [0.05, 0.1) is 11.9 Å². The van der Waals surface area contributed by atoms with Crippen LogP contribution in [0.3, 0.4) is 0 Å². The van der Waals surface area contributed by atoms with Gasteiger partial charge in [-0.2, -0.15) is 0 Å². The van der Waals surface area contributed by atoms with Gasteiger partial charge in [-0.05, 0) is 24.1 Å². The summed E-state index contributed by atoms with van der Waals surface area (Å²) in [6.07, 6.45) is 4.91. The summed E-state index contributed by atoms with van der Waals surface area (Å²) in [5.41, 5.74) is 3.29. The molecule has 0 aliphatic carbocycles. The molecule has 1 aliphatic heterocycles. The maximum absolute atomic E-state index is 10.7. The SMILES string of the molecule is O=Cc1ccc(-c2ccc(-c3cnc4n3CCC4)cc2)o1. The van der Waals surface area contributed by atoms with Crippen LogP contribution >= 0.6 is 0 Å². The summed E-state index contributed by atoms with van der Waals surface area (Å²) < 4.78 is 7.72. The Hall–Kier alpha value is -2.62. The van der Waals surface area contributed by atoms with Gasteiger partial charge in [0, 0.05) is 18.5 Å². The Bertz CT molecular complexity index is 797. The largest absolute Gasteiger partial charge is 0.453 e. The normalized spacial score (nSPS) is 13.3. The number of rotatable bonds is 3. The molecule has 0 bridgehead atoms. The Balaban J connectivity index is 1.68. The highest BCUT2D eigenvalue weighted by molar-refractivity contribution is 5.73. The molecule has 0 amide bonds. The molecule has 0 unspecified atom stereocenters. The molecule has 0 spiro atoms. The number of furan rings is 1. The van der Waals surface area contributed by atoms with Crippen LogP contribution in [0.5, 0.6) is 0 Å². The minimum Gasteiger partial charge on any atom is -0.453 e. The number of aryl methyl sites for hydroxylation is 1. The number of fused-ring (bicyclic) bond motifs is 1. The molecule has 0 saturated heterocycles. The van der Waals surface area contributed by atoms with Crippen LogP contribution in [0.15, 0.2) is 47.0 Å². The smallest absolute Gasteiger partial charge is 0.185 e. The van der Waals surface area contributed by atoms with Crippen LogP contribution in [0.4, 0.5) is 0 Å². The second-order valence-corrected chi connectivity index (χ2v) is 5.21. The highest BCUT2D eigenvalue weighted by Gasteiger charge is 2.16. The van der Waals surface area contributed by atoms with Crippen molar-refractivity contribution in [3.05, 3.63) is 54.2 Å². The minimum absolute atomic E-state index is 0.350. The highest BCUT2D eigenvalue weighted by Crippen LogP contribution is 2.28. The van der Waals surface area contributed by atoms with E-state index in [1.165, 1.54) is 17.9 Å². The number of aldehydes is 1. The minimum atomic E-state index is 0.350. The Morgan fingerprint density at radius 1 is 1.10 bits per heavy atom. The summed E-state index contributed by atoms with van der Waals surface area (Å²) in [5, 5.41) is 0. The summed E-state index contributed by atoms with van der Waals surface area (Å²) in [4.78, 5) is 15.1. The third-order valence-corrected chi connectivity index (χ3v) is 3.93. The molecule has 21 heavy (non-hydrogen) atoms. The van der Waals surface area contributed by atoms with Gasteiger partial charge >= 0.3 is 0 Å². The quantitative estimate of drug-likeness (QED) is 0.688. The molecular weight excluding hydrogens is 264 g/mol. The van der Waals surface area contributed by atoms with E-state index in [1.54, 1.807) is 6.07 Å². The summed E-state index contributed by atoms with van der Waals surface area (Å²) in [6, 6.07) is 11.7. The van der Waals surface area contributed by atoms with Gasteiger partial charge in [0.1, 0.15) is 11.6 Å². The average Bonchev–Trinajstić information content (AvgIpc) is 3.23. The van der Waals surface area contributed by atoms with Crippen molar-refractivity contribution in [1.82, 2.24) is 9.55 Å². The Morgan fingerprint density at radius 3 is 2.67 bits per heavy atom. The third kappa shape index (κ3) is 2.00. The molecule has 0 fully saturated rings. The number of hydrogen-bond donors (Lipinski definition) is 0. The van der Waals surface area contributed by atoms with Crippen molar-refractivity contribution in [1.29, 1.82) is 0 Å². The van der Waals surface area contributed by atoms with E-state index in [4.69, 9.17) is 4.42 Å². The third-order valence-electron chi connectivity index (χ3n) is 3.93. The molecule has 0 saturated carbocycles. The molecule has 4 heteroatoms. The van der Waals surface area contributed by atoms with Crippen molar-refractivity contribution in [2.45, 2.75) is 19.4 Å². The van der Waals surface area contributed by atoms with Gasteiger partial charge in [0.25, 0.3) is 0 Å². The molecule has 4 rings (SSSR count). The maximum atomic E-state index is 10.7. The van der Waals surface area contributed by atoms with Crippen LogP contribution in [-0.4, -0.2) is 15.8 Å². The van der Waals surface area contributed by atoms with Crippen LogP contribution in [0.25, 0.3) is 22.6 Å². The molecule has 3 aromatic rings. The van der Waals surface area contributed by atoms with Crippen LogP contribution in [0, 0.1) is 0 Å². The van der Waals surface area contributed by atoms with E-state index in [0.29, 0.717) is 17.8 Å². The van der Waals surface area contributed by atoms with E-state index in [1.807, 2.05) is 24.4 Å². The lowest BCUT2D eigenvalue weighted by Crippen LogP contribution is -1.95. The first-order chi connectivity index (χ1) is 10.3. The molecule has 104 valence electrons. The van der Waals surface area contributed by atoms with Crippen molar-refractivity contribution in [3.63, 3.8) is 0 Å². The summed E-state index contributed by atoms with van der Waals surface area (Å²) in [5.74, 6) is 2.24. The van der Waals surface area contributed by atoms with E-state index in [0.717, 1.165) is 24.1 Å². The standard InChI is InChI=1S/C17H14N2O2/c20-11-14-7-8-16(21-14)13-5-3-12(4-6-13)15-10-18-17-2-1-9-19(15)17/h3-8,10-11H,1-2,9H2. The molecule has 3 heterocycles. The number of carbonyl (C=O) groups is 1.